The van der Waals surface area contributed by atoms with Gasteiger partial charge in [-0.3, -0.25) is 4.98 Å². The maximum Gasteiger partial charge on any atom is 0.410 e. The highest BCUT2D eigenvalue weighted by molar-refractivity contribution is 7.89. The van der Waals surface area contributed by atoms with Gasteiger partial charge in [0.05, 0.1) is 12.2 Å². The van der Waals surface area contributed by atoms with Gasteiger partial charge in [0.25, 0.3) is 0 Å². The van der Waals surface area contributed by atoms with Gasteiger partial charge in [-0.05, 0) is 50.6 Å². The second-order valence-electron chi connectivity index (χ2n) is 8.72. The Balaban J connectivity index is 1.75. The van der Waals surface area contributed by atoms with Crippen LogP contribution in [0.25, 0.3) is 22.2 Å². The molecule has 1 amide bonds. The van der Waals surface area contributed by atoms with Gasteiger partial charge in [-0.1, -0.05) is 18.2 Å². The zero-order chi connectivity index (χ0) is 23.8. The zero-order valence-electron chi connectivity index (χ0n) is 18.8. The van der Waals surface area contributed by atoms with Crippen molar-refractivity contribution in [1.82, 2.24) is 13.9 Å². The van der Waals surface area contributed by atoms with E-state index in [9.17, 15) is 13.2 Å². The van der Waals surface area contributed by atoms with Crippen LogP contribution in [-0.4, -0.2) is 41.0 Å². The SMILES string of the molecule is CN(Cc1cc(-c2cccnc2)n(S(=O)(=O)c2cc3ccccc3o2)c1)C(=O)OC(C)(C)C. The van der Waals surface area contributed by atoms with E-state index in [-0.39, 0.29) is 11.6 Å². The average Bonchev–Trinajstić information content (AvgIpc) is 3.38. The van der Waals surface area contributed by atoms with E-state index in [0.717, 1.165) is 0 Å². The molecule has 4 aromatic rings. The summed E-state index contributed by atoms with van der Waals surface area (Å²) < 4.78 is 39.3. The summed E-state index contributed by atoms with van der Waals surface area (Å²) >= 11 is 0. The molecule has 0 atom stereocenters. The summed E-state index contributed by atoms with van der Waals surface area (Å²) in [5.74, 6) is 0. The molecule has 0 aliphatic heterocycles. The van der Waals surface area contributed by atoms with Crippen LogP contribution in [0.2, 0.25) is 0 Å². The Morgan fingerprint density at radius 2 is 1.91 bits per heavy atom. The number of hydrogen-bond acceptors (Lipinski definition) is 6. The summed E-state index contributed by atoms with van der Waals surface area (Å²) in [6.07, 6.45) is 4.19. The van der Waals surface area contributed by atoms with Crippen molar-refractivity contribution in [2.45, 2.75) is 38.0 Å². The Bertz CT molecular complexity index is 1370. The van der Waals surface area contributed by atoms with E-state index < -0.39 is 21.7 Å². The maximum atomic E-state index is 13.6. The van der Waals surface area contributed by atoms with Gasteiger partial charge in [0, 0.05) is 42.7 Å². The number of amides is 1. The smallest absolute Gasteiger partial charge is 0.410 e. The van der Waals surface area contributed by atoms with E-state index >= 15 is 0 Å². The van der Waals surface area contributed by atoms with E-state index in [2.05, 4.69) is 4.98 Å². The van der Waals surface area contributed by atoms with Gasteiger partial charge in [-0.15, -0.1) is 0 Å². The molecule has 0 unspecified atom stereocenters. The van der Waals surface area contributed by atoms with Crippen molar-refractivity contribution in [2.24, 2.45) is 0 Å². The number of benzene rings is 1. The molecule has 0 spiro atoms. The Labute approximate surface area is 192 Å². The van der Waals surface area contributed by atoms with Crippen LogP contribution in [-0.2, 0) is 21.3 Å². The molecule has 9 heteroatoms. The van der Waals surface area contributed by atoms with Gasteiger partial charge in [0.1, 0.15) is 11.2 Å². The van der Waals surface area contributed by atoms with Crippen LogP contribution in [0, 0.1) is 0 Å². The first-order valence-electron chi connectivity index (χ1n) is 10.3. The molecule has 33 heavy (non-hydrogen) atoms. The van der Waals surface area contributed by atoms with E-state index in [4.69, 9.17) is 9.15 Å². The molecule has 0 fully saturated rings. The van der Waals surface area contributed by atoms with Crippen LogP contribution in [0.5, 0.6) is 0 Å². The van der Waals surface area contributed by atoms with Crippen molar-refractivity contribution in [3.8, 4) is 11.3 Å². The Hall–Kier alpha value is -3.59. The Morgan fingerprint density at radius 1 is 1.15 bits per heavy atom. The summed E-state index contributed by atoms with van der Waals surface area (Å²) in [6.45, 7) is 5.52. The van der Waals surface area contributed by atoms with Crippen LogP contribution < -0.4 is 0 Å². The topological polar surface area (TPSA) is 94.6 Å². The number of aromatic nitrogens is 2. The number of carbonyl (C=O) groups is 1. The Kier molecular flexibility index (Phi) is 5.75. The lowest BCUT2D eigenvalue weighted by Gasteiger charge is -2.24. The largest absolute Gasteiger partial charge is 0.444 e. The minimum Gasteiger partial charge on any atom is -0.444 e. The fraction of sp³-hybridized carbons (Fsp3) is 0.250. The molecule has 0 aliphatic carbocycles. The number of furan rings is 1. The first kappa shape index (κ1) is 22.6. The number of para-hydroxylation sites is 1. The number of carbonyl (C=O) groups excluding carboxylic acids is 1. The van der Waals surface area contributed by atoms with Gasteiger partial charge >= 0.3 is 16.1 Å². The monoisotopic (exact) mass is 467 g/mol. The summed E-state index contributed by atoms with van der Waals surface area (Å²) in [6, 6.07) is 13.8. The van der Waals surface area contributed by atoms with Crippen molar-refractivity contribution < 1.29 is 22.4 Å². The predicted molar refractivity (Wildman–Crippen MR) is 124 cm³/mol. The van der Waals surface area contributed by atoms with Crippen LogP contribution >= 0.6 is 0 Å². The summed E-state index contributed by atoms with van der Waals surface area (Å²) in [5, 5.41) is 0.521. The first-order valence-corrected chi connectivity index (χ1v) is 11.8. The Morgan fingerprint density at radius 3 is 2.58 bits per heavy atom. The highest BCUT2D eigenvalue weighted by Crippen LogP contribution is 2.30. The van der Waals surface area contributed by atoms with Gasteiger partial charge in [-0.25, -0.2) is 8.77 Å². The van der Waals surface area contributed by atoms with Gasteiger partial charge in [0.15, 0.2) is 0 Å². The second-order valence-corrected chi connectivity index (χ2v) is 10.5. The number of nitrogens with zero attached hydrogens (tertiary/aromatic N) is 3. The van der Waals surface area contributed by atoms with E-state index in [1.54, 1.807) is 76.6 Å². The molecule has 1 aromatic carbocycles. The molecule has 4 rings (SSSR count). The normalized spacial score (nSPS) is 12.1. The molecular formula is C24H25N3O5S. The van der Waals surface area contributed by atoms with Crippen molar-refractivity contribution in [3.05, 3.63) is 72.7 Å². The molecule has 0 bridgehead atoms. The zero-order valence-corrected chi connectivity index (χ0v) is 19.7. The van der Waals surface area contributed by atoms with Crippen LogP contribution in [0.1, 0.15) is 26.3 Å². The molecule has 8 nitrogen and oxygen atoms in total. The minimum atomic E-state index is -4.06. The standard InChI is InChI=1S/C24H25N3O5S/c1-24(2,3)32-23(28)26(4)15-17-12-20(19-9-7-11-25-14-19)27(16-17)33(29,30)22-13-18-8-5-6-10-21(18)31-22/h5-14,16H,15H2,1-4H3. The lowest BCUT2D eigenvalue weighted by atomic mass is 10.2. The van der Waals surface area contributed by atoms with Crippen molar-refractivity contribution in [3.63, 3.8) is 0 Å². The first-order chi connectivity index (χ1) is 15.5. The number of fused-ring (bicyclic) bond motifs is 1. The third-order valence-corrected chi connectivity index (χ3v) is 6.37. The number of pyridine rings is 1. The van der Waals surface area contributed by atoms with Crippen molar-refractivity contribution >= 4 is 27.1 Å². The molecular weight excluding hydrogens is 442 g/mol. The summed E-state index contributed by atoms with van der Waals surface area (Å²) in [5.41, 5.74) is 1.49. The average molecular weight is 468 g/mol. The molecule has 172 valence electrons. The highest BCUT2D eigenvalue weighted by atomic mass is 32.2. The van der Waals surface area contributed by atoms with Crippen LogP contribution in [0.4, 0.5) is 4.79 Å². The molecule has 0 saturated heterocycles. The second kappa shape index (κ2) is 8.40. The van der Waals surface area contributed by atoms with E-state index in [1.807, 2.05) is 6.07 Å². The molecule has 0 saturated carbocycles. The summed E-state index contributed by atoms with van der Waals surface area (Å²) in [7, 11) is -2.46. The predicted octanol–water partition coefficient (Wildman–Crippen LogP) is 4.90. The lowest BCUT2D eigenvalue weighted by Crippen LogP contribution is -2.33. The third-order valence-electron chi connectivity index (χ3n) is 4.84. The van der Waals surface area contributed by atoms with Crippen molar-refractivity contribution in [1.29, 1.82) is 0 Å². The van der Waals surface area contributed by atoms with E-state index in [1.165, 1.54) is 21.1 Å². The molecule has 3 aromatic heterocycles. The third kappa shape index (κ3) is 4.78. The van der Waals surface area contributed by atoms with Gasteiger partial charge in [-0.2, -0.15) is 8.42 Å². The fourth-order valence-electron chi connectivity index (χ4n) is 3.37. The van der Waals surface area contributed by atoms with Gasteiger partial charge in [0.2, 0.25) is 5.09 Å². The van der Waals surface area contributed by atoms with Crippen LogP contribution in [0.15, 0.2) is 76.6 Å². The lowest BCUT2D eigenvalue weighted by molar-refractivity contribution is 0.0285. The minimum absolute atomic E-state index is 0.158. The van der Waals surface area contributed by atoms with E-state index in [0.29, 0.717) is 27.8 Å². The molecule has 0 radical (unpaired) electrons. The molecule has 3 heterocycles. The van der Waals surface area contributed by atoms with Crippen molar-refractivity contribution in [2.75, 3.05) is 7.05 Å². The number of rotatable bonds is 5. The molecule has 0 aliphatic rings. The van der Waals surface area contributed by atoms with Gasteiger partial charge < -0.3 is 14.1 Å². The highest BCUT2D eigenvalue weighted by Gasteiger charge is 2.27. The number of hydrogen-bond donors (Lipinski definition) is 0. The van der Waals surface area contributed by atoms with Crippen LogP contribution in [0.3, 0.4) is 0 Å². The summed E-state index contributed by atoms with van der Waals surface area (Å²) in [4.78, 5) is 17.9. The quantitative estimate of drug-likeness (QED) is 0.414. The fourth-order valence-corrected chi connectivity index (χ4v) is 4.72. The molecule has 0 N–H and O–H groups in total. The number of ether oxygens (including phenoxy) is 1. The maximum absolute atomic E-state index is 13.6.